The monoisotopic (exact) mass is 746 g/mol. The summed E-state index contributed by atoms with van der Waals surface area (Å²) < 4.78 is 0. The van der Waals surface area contributed by atoms with Crippen LogP contribution >= 0.6 is 82.4 Å². The number of aliphatic hydroxyl groups excluding tert-OH is 2. The molecule has 2 unspecified atom stereocenters. The Bertz CT molecular complexity index is 1670. The third-order valence-corrected chi connectivity index (χ3v) is 7.36. The number of thiocarbonyl (C=S) groups is 2. The van der Waals surface area contributed by atoms with Gasteiger partial charge in [0.15, 0.2) is 10.2 Å². The van der Waals surface area contributed by atoms with E-state index < -0.39 is 12.2 Å². The predicted octanol–water partition coefficient (Wildman–Crippen LogP) is 9.78. The number of phenolic OH excluding ortho intramolecular Hbond substituents is 2. The zero-order chi connectivity index (χ0) is 33.4. The van der Waals surface area contributed by atoms with E-state index in [2.05, 4.69) is 21.3 Å². The standard InChI is InChI=1S/C15H13Cl3N2O2S.C15H14Cl2N2O2S/c1-7(21)12-5-10(18)6-13(14(12)22)20-15(23)19-11-3-8(16)2-9(17)4-11;1-8(20)12-6-10(17)7-13(14(12)21)19-15(22)18-11-4-2-9(16)3-5-11/h2-7,21-22H,1H3,(H2,19,20,23);2-8,20-21H,1H3,(H2,18,19,22). The van der Waals surface area contributed by atoms with Crippen molar-refractivity contribution in [2.75, 3.05) is 21.3 Å². The lowest BCUT2D eigenvalue weighted by Crippen LogP contribution is -2.19. The molecule has 4 aromatic rings. The first-order chi connectivity index (χ1) is 21.1. The zero-order valence-corrected chi connectivity index (χ0v) is 28.9. The third-order valence-electron chi connectivity index (χ3n) is 5.83. The maximum Gasteiger partial charge on any atom is 0.175 e. The Kier molecular flexibility index (Phi) is 13.6. The van der Waals surface area contributed by atoms with Crippen molar-refractivity contribution in [2.45, 2.75) is 26.1 Å². The minimum absolute atomic E-state index is 0.0975. The van der Waals surface area contributed by atoms with Gasteiger partial charge < -0.3 is 41.7 Å². The minimum Gasteiger partial charge on any atom is -0.505 e. The number of halogens is 5. The van der Waals surface area contributed by atoms with Crippen molar-refractivity contribution < 1.29 is 20.4 Å². The number of rotatable bonds is 6. The lowest BCUT2D eigenvalue weighted by molar-refractivity contribution is 0.194. The van der Waals surface area contributed by atoms with Crippen molar-refractivity contribution in [3.8, 4) is 11.5 Å². The largest absolute Gasteiger partial charge is 0.505 e. The molecule has 0 bridgehead atoms. The molecule has 15 heteroatoms. The van der Waals surface area contributed by atoms with Crippen LogP contribution in [0.1, 0.15) is 37.2 Å². The molecule has 0 saturated carbocycles. The van der Waals surface area contributed by atoms with E-state index in [-0.39, 0.29) is 27.4 Å². The van der Waals surface area contributed by atoms with Gasteiger partial charge in [0.05, 0.1) is 23.6 Å². The van der Waals surface area contributed by atoms with Crippen molar-refractivity contribution >= 4 is 115 Å². The first kappa shape index (κ1) is 36.7. The van der Waals surface area contributed by atoms with Crippen LogP contribution in [0.25, 0.3) is 0 Å². The number of anilines is 4. The quantitative estimate of drug-likeness (QED) is 0.0713. The number of hydrogen-bond acceptors (Lipinski definition) is 6. The number of benzene rings is 4. The number of phenols is 2. The van der Waals surface area contributed by atoms with E-state index in [0.717, 1.165) is 5.69 Å². The molecule has 2 atom stereocenters. The van der Waals surface area contributed by atoms with Gasteiger partial charge in [0.1, 0.15) is 11.5 Å². The Morgan fingerprint density at radius 2 is 0.911 bits per heavy atom. The summed E-state index contributed by atoms with van der Waals surface area (Å²) in [5.74, 6) is -0.225. The van der Waals surface area contributed by atoms with Gasteiger partial charge in [-0.25, -0.2) is 0 Å². The average Bonchev–Trinajstić information content (AvgIpc) is 2.93. The van der Waals surface area contributed by atoms with Gasteiger partial charge in [-0.05, 0) is 105 Å². The van der Waals surface area contributed by atoms with Crippen LogP contribution in [0.2, 0.25) is 25.1 Å². The summed E-state index contributed by atoms with van der Waals surface area (Å²) in [7, 11) is 0. The van der Waals surface area contributed by atoms with Gasteiger partial charge in [-0.15, -0.1) is 0 Å². The van der Waals surface area contributed by atoms with Crippen LogP contribution in [0.4, 0.5) is 22.7 Å². The Morgan fingerprint density at radius 3 is 1.31 bits per heavy atom. The van der Waals surface area contributed by atoms with Gasteiger partial charge in [-0.1, -0.05) is 58.0 Å². The van der Waals surface area contributed by atoms with Crippen LogP contribution in [-0.4, -0.2) is 30.7 Å². The Hall–Kier alpha value is -2.77. The molecule has 0 aliphatic heterocycles. The Labute approximate surface area is 295 Å². The molecule has 45 heavy (non-hydrogen) atoms. The van der Waals surface area contributed by atoms with Crippen LogP contribution in [-0.2, 0) is 0 Å². The van der Waals surface area contributed by atoms with Crippen molar-refractivity contribution in [3.63, 3.8) is 0 Å². The summed E-state index contributed by atoms with van der Waals surface area (Å²) in [4.78, 5) is 0. The number of hydrogen-bond donors (Lipinski definition) is 8. The van der Waals surface area contributed by atoms with Gasteiger partial charge in [0.2, 0.25) is 0 Å². The second-order valence-corrected chi connectivity index (χ2v) is 12.5. The van der Waals surface area contributed by atoms with E-state index in [4.69, 9.17) is 82.4 Å². The molecule has 0 aliphatic rings. The molecule has 0 heterocycles. The minimum atomic E-state index is -0.873. The molecular weight excluding hydrogens is 722 g/mol. The van der Waals surface area contributed by atoms with Gasteiger partial charge in [-0.2, -0.15) is 0 Å². The lowest BCUT2D eigenvalue weighted by atomic mass is 10.1. The van der Waals surface area contributed by atoms with Crippen molar-refractivity contribution in [3.05, 3.63) is 103 Å². The molecule has 0 spiro atoms. The fourth-order valence-electron chi connectivity index (χ4n) is 3.80. The lowest BCUT2D eigenvalue weighted by Gasteiger charge is -2.16. The van der Waals surface area contributed by atoms with Crippen molar-refractivity contribution in [2.24, 2.45) is 0 Å². The first-order valence-electron chi connectivity index (χ1n) is 12.9. The summed E-state index contributed by atoms with van der Waals surface area (Å²) in [5, 5.41) is 53.9. The number of aliphatic hydroxyl groups is 2. The van der Waals surface area contributed by atoms with Crippen LogP contribution in [0.3, 0.4) is 0 Å². The molecule has 8 nitrogen and oxygen atoms in total. The third kappa shape index (κ3) is 11.2. The van der Waals surface area contributed by atoms with E-state index in [1.807, 2.05) is 0 Å². The predicted molar refractivity (Wildman–Crippen MR) is 195 cm³/mol. The van der Waals surface area contributed by atoms with Crippen LogP contribution in [0.5, 0.6) is 11.5 Å². The van der Waals surface area contributed by atoms with E-state index in [1.165, 1.54) is 31.2 Å². The maximum absolute atomic E-state index is 10.2. The van der Waals surface area contributed by atoms with E-state index in [9.17, 15) is 20.4 Å². The molecule has 0 saturated heterocycles. The van der Waals surface area contributed by atoms with Crippen molar-refractivity contribution in [1.82, 2.24) is 0 Å². The smallest absolute Gasteiger partial charge is 0.175 e. The summed E-state index contributed by atoms with van der Waals surface area (Å²) in [6, 6.07) is 17.9. The summed E-state index contributed by atoms with van der Waals surface area (Å²) in [6.07, 6.45) is -1.72. The topological polar surface area (TPSA) is 129 Å². The van der Waals surface area contributed by atoms with Gasteiger partial charge >= 0.3 is 0 Å². The molecule has 0 aliphatic carbocycles. The summed E-state index contributed by atoms with van der Waals surface area (Å²) in [5.41, 5.74) is 2.56. The molecule has 4 aromatic carbocycles. The van der Waals surface area contributed by atoms with Crippen molar-refractivity contribution in [1.29, 1.82) is 0 Å². The highest BCUT2D eigenvalue weighted by Gasteiger charge is 2.16. The highest BCUT2D eigenvalue weighted by atomic mass is 35.5. The molecule has 0 amide bonds. The normalized spacial score (nSPS) is 11.8. The average molecular weight is 749 g/mol. The Balaban J connectivity index is 0.000000246. The molecule has 0 radical (unpaired) electrons. The Morgan fingerprint density at radius 1 is 0.533 bits per heavy atom. The first-order valence-corrected chi connectivity index (χ1v) is 15.6. The van der Waals surface area contributed by atoms with Gasteiger partial charge in [0.25, 0.3) is 0 Å². The zero-order valence-electron chi connectivity index (χ0n) is 23.5. The van der Waals surface area contributed by atoms with E-state index >= 15 is 0 Å². The fourth-order valence-corrected chi connectivity index (χ4v) is 5.36. The highest BCUT2D eigenvalue weighted by molar-refractivity contribution is 7.81. The summed E-state index contributed by atoms with van der Waals surface area (Å²) in [6.45, 7) is 3.07. The molecule has 4 rings (SSSR count). The van der Waals surface area contributed by atoms with E-state index in [1.54, 1.807) is 49.4 Å². The SMILES string of the molecule is CC(O)c1cc(Cl)cc(NC(=S)Nc2cc(Cl)cc(Cl)c2)c1O.CC(O)c1cc(Cl)cc(NC(=S)Nc2ccc(Cl)cc2)c1O. The van der Waals surface area contributed by atoms with Crippen LogP contribution < -0.4 is 21.3 Å². The molecule has 8 N–H and O–H groups in total. The highest BCUT2D eigenvalue weighted by Crippen LogP contribution is 2.36. The second-order valence-electron chi connectivity index (χ2n) is 9.46. The summed E-state index contributed by atoms with van der Waals surface area (Å²) >= 11 is 40.0. The molecule has 0 aromatic heterocycles. The fraction of sp³-hybridized carbons (Fsp3) is 0.133. The molecule has 238 valence electrons. The molecule has 0 fully saturated rings. The molecular formula is C30H27Cl5N4O4S2. The van der Waals surface area contributed by atoms with Crippen LogP contribution in [0.15, 0.2) is 66.7 Å². The second kappa shape index (κ2) is 16.7. The van der Waals surface area contributed by atoms with Gasteiger partial charge in [-0.3, -0.25) is 0 Å². The van der Waals surface area contributed by atoms with Gasteiger partial charge in [0, 0.05) is 47.6 Å². The maximum atomic E-state index is 10.2. The van der Waals surface area contributed by atoms with Crippen LogP contribution in [0, 0.1) is 0 Å². The van der Waals surface area contributed by atoms with E-state index in [0.29, 0.717) is 47.6 Å². The number of aromatic hydroxyl groups is 2. The number of nitrogens with one attached hydrogen (secondary N) is 4.